The summed E-state index contributed by atoms with van der Waals surface area (Å²) < 4.78 is 12.2. The number of fused-ring (bicyclic) bond motifs is 10. The van der Waals surface area contributed by atoms with Gasteiger partial charge < -0.3 is 19.2 Å². The molecule has 3 aromatic heterocycles. The molecule has 4 heterocycles. The summed E-state index contributed by atoms with van der Waals surface area (Å²) in [4.78, 5) is 2.34. The first-order valence-electron chi connectivity index (χ1n) is 22.5. The standard InChI is InChI=1S/C61H38N3OS/c1-3-15-38(16-4-1)41-17-13-18-42(33-41)43-34-48(39-29-31-40(32-30-39)61-62-51-24-9-11-26-53(51)63(61)44-19-5-2-6-20-44)59-47-23-14-27-54(60(47)65-56(59)35-43)64-52-25-10-7-21-45(52)49-36-50-46-22-8-12-28-57(46)66-58(50)37-55(49)64/h1-37,61H/q-1. The molecule has 1 aliphatic heterocycles. The predicted molar refractivity (Wildman–Crippen MR) is 278 cm³/mol. The van der Waals surface area contributed by atoms with E-state index in [0.717, 1.165) is 78.0 Å². The lowest BCUT2D eigenvalue weighted by Gasteiger charge is -2.35. The zero-order valence-corrected chi connectivity index (χ0v) is 36.4. The number of para-hydroxylation sites is 5. The Bertz CT molecular complexity index is 4030. The van der Waals surface area contributed by atoms with Crippen molar-refractivity contribution in [3.8, 4) is 39.1 Å². The van der Waals surface area contributed by atoms with E-state index in [1.807, 2.05) is 11.3 Å². The molecule has 14 rings (SSSR count). The SMILES string of the molecule is c1ccc(-c2cccc(-c3cc(-c4ccc(C5[N-]c6ccccc6N5c5ccccc5)cc4)c4c(c3)oc3c(-n5c6ccccc6c6cc7c(cc65)sc5ccccc57)cccc34)c2)cc1. The molecule has 1 aliphatic rings. The van der Waals surface area contributed by atoms with Crippen LogP contribution >= 0.6 is 11.3 Å². The maximum absolute atomic E-state index is 7.24. The van der Waals surface area contributed by atoms with Crippen molar-refractivity contribution >= 4 is 92.3 Å². The van der Waals surface area contributed by atoms with Gasteiger partial charge in [-0.05, 0) is 112 Å². The normalized spacial score (nSPS) is 13.7. The van der Waals surface area contributed by atoms with E-state index in [-0.39, 0.29) is 6.17 Å². The van der Waals surface area contributed by atoms with Gasteiger partial charge in [0.15, 0.2) is 5.58 Å². The van der Waals surface area contributed by atoms with E-state index in [0.29, 0.717) is 0 Å². The average Bonchev–Trinajstić information content (AvgIpc) is 4.15. The van der Waals surface area contributed by atoms with Crippen molar-refractivity contribution in [2.75, 3.05) is 4.90 Å². The molecule has 0 amide bonds. The number of benzene rings is 10. The van der Waals surface area contributed by atoms with Gasteiger partial charge in [-0.2, -0.15) is 0 Å². The van der Waals surface area contributed by atoms with E-state index in [1.165, 1.54) is 47.6 Å². The number of hydrogen-bond donors (Lipinski definition) is 0. The molecule has 13 aromatic rings. The Balaban J connectivity index is 0.975. The van der Waals surface area contributed by atoms with E-state index in [4.69, 9.17) is 9.73 Å². The first-order chi connectivity index (χ1) is 32.7. The predicted octanol–water partition coefficient (Wildman–Crippen LogP) is 17.9. The molecular weight excluding hydrogens is 823 g/mol. The quantitative estimate of drug-likeness (QED) is 0.167. The Hall–Kier alpha value is -8.38. The molecule has 0 saturated carbocycles. The Morgan fingerprint density at radius 3 is 1.97 bits per heavy atom. The number of hydrogen-bond acceptors (Lipinski definition) is 3. The largest absolute Gasteiger partial charge is 0.659 e. The third-order valence-corrected chi connectivity index (χ3v) is 14.6. The molecule has 1 atom stereocenters. The van der Waals surface area contributed by atoms with Crippen molar-refractivity contribution in [2.24, 2.45) is 0 Å². The number of rotatable bonds is 6. The maximum Gasteiger partial charge on any atom is 0.159 e. The zero-order chi connectivity index (χ0) is 43.3. The van der Waals surface area contributed by atoms with Crippen LogP contribution in [0.4, 0.5) is 17.1 Å². The van der Waals surface area contributed by atoms with Crippen molar-refractivity contribution in [3.63, 3.8) is 0 Å². The summed E-state index contributed by atoms with van der Waals surface area (Å²) in [5.41, 5.74) is 16.2. The molecule has 0 saturated heterocycles. The molecule has 0 spiro atoms. The van der Waals surface area contributed by atoms with E-state index in [2.05, 4.69) is 234 Å². The molecular formula is C61H38N3OS-. The minimum absolute atomic E-state index is 0.191. The number of thiophene rings is 1. The second-order valence-corrected chi connectivity index (χ2v) is 18.3. The van der Waals surface area contributed by atoms with Crippen LogP contribution in [-0.2, 0) is 0 Å². The van der Waals surface area contributed by atoms with Crippen molar-refractivity contribution in [1.82, 2.24) is 4.57 Å². The van der Waals surface area contributed by atoms with E-state index in [9.17, 15) is 0 Å². The highest BCUT2D eigenvalue weighted by atomic mass is 32.1. The lowest BCUT2D eigenvalue weighted by atomic mass is 9.92. The fourth-order valence-corrected chi connectivity index (χ4v) is 11.6. The van der Waals surface area contributed by atoms with Crippen LogP contribution in [-0.4, -0.2) is 4.57 Å². The molecule has 66 heavy (non-hydrogen) atoms. The second-order valence-electron chi connectivity index (χ2n) is 17.2. The van der Waals surface area contributed by atoms with Gasteiger partial charge in [-0.3, -0.25) is 0 Å². The first kappa shape index (κ1) is 37.0. The molecule has 5 heteroatoms. The number of aromatic nitrogens is 1. The van der Waals surface area contributed by atoms with Crippen molar-refractivity contribution in [3.05, 3.63) is 235 Å². The van der Waals surface area contributed by atoms with Gasteiger partial charge in [-0.15, -0.1) is 17.0 Å². The van der Waals surface area contributed by atoms with E-state index in [1.54, 1.807) is 0 Å². The van der Waals surface area contributed by atoms with Crippen LogP contribution in [0.25, 0.3) is 108 Å². The second kappa shape index (κ2) is 14.6. The minimum Gasteiger partial charge on any atom is -0.659 e. The van der Waals surface area contributed by atoms with Gasteiger partial charge in [-0.1, -0.05) is 158 Å². The summed E-state index contributed by atoms with van der Waals surface area (Å²) in [5, 5.41) is 12.5. The van der Waals surface area contributed by atoms with Crippen LogP contribution in [0.2, 0.25) is 0 Å². The van der Waals surface area contributed by atoms with Crippen LogP contribution in [0.15, 0.2) is 229 Å². The van der Waals surface area contributed by atoms with Gasteiger partial charge in [0.05, 0.1) is 16.7 Å². The summed E-state index contributed by atoms with van der Waals surface area (Å²) in [5.74, 6) is 0. The number of furan rings is 1. The van der Waals surface area contributed by atoms with Gasteiger partial charge >= 0.3 is 0 Å². The van der Waals surface area contributed by atoms with Gasteiger partial charge in [0, 0.05) is 53.1 Å². The Morgan fingerprint density at radius 2 is 1.11 bits per heavy atom. The van der Waals surface area contributed by atoms with Gasteiger partial charge in [0.25, 0.3) is 0 Å². The molecule has 1 unspecified atom stereocenters. The zero-order valence-electron chi connectivity index (χ0n) is 35.6. The summed E-state index contributed by atoms with van der Waals surface area (Å²) in [6.45, 7) is 0. The van der Waals surface area contributed by atoms with Crippen LogP contribution in [0.3, 0.4) is 0 Å². The van der Waals surface area contributed by atoms with Crippen molar-refractivity contribution in [1.29, 1.82) is 0 Å². The highest BCUT2D eigenvalue weighted by Gasteiger charge is 2.25. The molecule has 0 N–H and O–H groups in total. The van der Waals surface area contributed by atoms with Crippen LogP contribution in [0.5, 0.6) is 0 Å². The highest BCUT2D eigenvalue weighted by Crippen LogP contribution is 2.54. The fraction of sp³-hybridized carbons (Fsp3) is 0.0164. The van der Waals surface area contributed by atoms with Gasteiger partial charge in [-0.25, -0.2) is 0 Å². The van der Waals surface area contributed by atoms with E-state index < -0.39 is 0 Å². The van der Waals surface area contributed by atoms with Crippen LogP contribution in [0, 0.1) is 0 Å². The fourth-order valence-electron chi connectivity index (χ4n) is 10.5. The lowest BCUT2D eigenvalue weighted by molar-refractivity contribution is 0.666. The highest BCUT2D eigenvalue weighted by molar-refractivity contribution is 7.25. The molecule has 0 bridgehead atoms. The topological polar surface area (TPSA) is 35.4 Å². The summed E-state index contributed by atoms with van der Waals surface area (Å²) in [6, 6.07) is 81.0. The summed E-state index contributed by atoms with van der Waals surface area (Å²) in [7, 11) is 0. The van der Waals surface area contributed by atoms with Gasteiger partial charge in [0.2, 0.25) is 0 Å². The summed E-state index contributed by atoms with van der Waals surface area (Å²) in [6.07, 6.45) is -0.191. The molecule has 0 radical (unpaired) electrons. The molecule has 0 fully saturated rings. The van der Waals surface area contributed by atoms with Gasteiger partial charge in [0.1, 0.15) is 5.58 Å². The van der Waals surface area contributed by atoms with E-state index >= 15 is 0 Å². The van der Waals surface area contributed by atoms with Crippen LogP contribution < -0.4 is 4.90 Å². The average molecular weight is 861 g/mol. The third kappa shape index (κ3) is 5.70. The Labute approximate surface area is 384 Å². The van der Waals surface area contributed by atoms with Crippen molar-refractivity contribution in [2.45, 2.75) is 6.17 Å². The number of anilines is 2. The Morgan fingerprint density at radius 1 is 0.424 bits per heavy atom. The number of nitrogens with zero attached hydrogens (tertiary/aromatic N) is 3. The minimum atomic E-state index is -0.191. The van der Waals surface area contributed by atoms with Crippen molar-refractivity contribution < 1.29 is 4.42 Å². The monoisotopic (exact) mass is 860 g/mol. The third-order valence-electron chi connectivity index (χ3n) is 13.5. The molecule has 4 nitrogen and oxygen atoms in total. The first-order valence-corrected chi connectivity index (χ1v) is 23.3. The molecule has 310 valence electrons. The maximum atomic E-state index is 7.24. The molecule has 10 aromatic carbocycles. The lowest BCUT2D eigenvalue weighted by Crippen LogP contribution is -2.18. The molecule has 0 aliphatic carbocycles. The van der Waals surface area contributed by atoms with Crippen LogP contribution in [0.1, 0.15) is 11.7 Å². The Kier molecular flexibility index (Phi) is 8.18. The summed E-state index contributed by atoms with van der Waals surface area (Å²) >= 11 is 1.86. The smallest absolute Gasteiger partial charge is 0.159 e.